The van der Waals surface area contributed by atoms with Crippen molar-refractivity contribution in [2.24, 2.45) is 5.92 Å². The van der Waals surface area contributed by atoms with E-state index in [4.69, 9.17) is 0 Å². The highest BCUT2D eigenvalue weighted by molar-refractivity contribution is 5.85. The van der Waals surface area contributed by atoms with Crippen molar-refractivity contribution in [2.75, 3.05) is 0 Å². The molecular formula is C15H17NO. The molecule has 1 atom stereocenters. The van der Waals surface area contributed by atoms with Crippen molar-refractivity contribution in [1.82, 2.24) is 4.98 Å². The molecule has 2 heteroatoms. The van der Waals surface area contributed by atoms with E-state index in [2.05, 4.69) is 4.98 Å². The highest BCUT2D eigenvalue weighted by Crippen LogP contribution is 2.42. The van der Waals surface area contributed by atoms with Crippen molar-refractivity contribution in [2.45, 2.75) is 31.8 Å². The highest BCUT2D eigenvalue weighted by atomic mass is 16.3. The van der Waals surface area contributed by atoms with E-state index in [9.17, 15) is 5.11 Å². The summed E-state index contributed by atoms with van der Waals surface area (Å²) in [5.74, 6) is 0.710. The number of aromatic nitrogens is 1. The SMILES string of the molecule is CC(O)(CC1CC1)c1cccc2cnccc12. The van der Waals surface area contributed by atoms with Crippen molar-refractivity contribution in [3.8, 4) is 0 Å². The van der Waals surface area contributed by atoms with E-state index in [1.54, 1.807) is 6.20 Å². The van der Waals surface area contributed by atoms with Gasteiger partial charge in [-0.2, -0.15) is 0 Å². The largest absolute Gasteiger partial charge is 0.385 e. The van der Waals surface area contributed by atoms with Crippen molar-refractivity contribution < 1.29 is 5.11 Å². The maximum atomic E-state index is 10.7. The molecule has 1 aromatic heterocycles. The van der Waals surface area contributed by atoms with Crippen molar-refractivity contribution >= 4 is 10.8 Å². The van der Waals surface area contributed by atoms with Crippen LogP contribution in [-0.2, 0) is 5.60 Å². The van der Waals surface area contributed by atoms with Crippen LogP contribution in [0.1, 0.15) is 31.7 Å². The zero-order chi connectivity index (χ0) is 11.9. The summed E-state index contributed by atoms with van der Waals surface area (Å²) in [6.07, 6.45) is 7.05. The third-order valence-corrected chi connectivity index (χ3v) is 3.64. The molecule has 1 aliphatic rings. The number of hydrogen-bond donors (Lipinski definition) is 1. The summed E-state index contributed by atoms with van der Waals surface area (Å²) in [5, 5.41) is 12.9. The molecular weight excluding hydrogens is 210 g/mol. The van der Waals surface area contributed by atoms with Crippen LogP contribution < -0.4 is 0 Å². The molecule has 2 nitrogen and oxygen atoms in total. The van der Waals surface area contributed by atoms with E-state index in [1.807, 2.05) is 37.4 Å². The van der Waals surface area contributed by atoms with Gasteiger partial charge in [-0.25, -0.2) is 0 Å². The first-order valence-electron chi connectivity index (χ1n) is 6.22. The molecule has 0 aliphatic heterocycles. The van der Waals surface area contributed by atoms with E-state index in [0.717, 1.165) is 22.8 Å². The predicted molar refractivity (Wildman–Crippen MR) is 68.7 cm³/mol. The molecule has 1 fully saturated rings. The number of pyridine rings is 1. The fourth-order valence-electron chi connectivity index (χ4n) is 2.59. The van der Waals surface area contributed by atoms with Gasteiger partial charge in [0, 0.05) is 17.8 Å². The third-order valence-electron chi connectivity index (χ3n) is 3.64. The van der Waals surface area contributed by atoms with E-state index in [-0.39, 0.29) is 0 Å². The van der Waals surface area contributed by atoms with E-state index >= 15 is 0 Å². The molecule has 1 saturated carbocycles. The van der Waals surface area contributed by atoms with Crippen molar-refractivity contribution in [1.29, 1.82) is 0 Å². The van der Waals surface area contributed by atoms with Crippen LogP contribution in [0.5, 0.6) is 0 Å². The van der Waals surface area contributed by atoms with Gasteiger partial charge in [0.2, 0.25) is 0 Å². The lowest BCUT2D eigenvalue weighted by atomic mass is 9.87. The first-order valence-corrected chi connectivity index (χ1v) is 6.22. The topological polar surface area (TPSA) is 33.1 Å². The summed E-state index contributed by atoms with van der Waals surface area (Å²) in [6, 6.07) is 8.07. The van der Waals surface area contributed by atoms with Crippen LogP contribution in [0.3, 0.4) is 0 Å². The lowest BCUT2D eigenvalue weighted by Crippen LogP contribution is -2.22. The van der Waals surface area contributed by atoms with Gasteiger partial charge in [-0.05, 0) is 36.3 Å². The number of hydrogen-bond acceptors (Lipinski definition) is 2. The van der Waals surface area contributed by atoms with Crippen LogP contribution in [0, 0.1) is 5.92 Å². The number of rotatable bonds is 3. The lowest BCUT2D eigenvalue weighted by molar-refractivity contribution is 0.0432. The molecule has 0 saturated heterocycles. The Morgan fingerprint density at radius 2 is 2.18 bits per heavy atom. The normalized spacial score (nSPS) is 19.2. The number of benzene rings is 1. The highest BCUT2D eigenvalue weighted by Gasteiger charge is 2.33. The predicted octanol–water partition coefficient (Wildman–Crippen LogP) is 3.24. The Kier molecular flexibility index (Phi) is 2.40. The molecule has 0 spiro atoms. The zero-order valence-corrected chi connectivity index (χ0v) is 10.1. The maximum Gasteiger partial charge on any atom is 0.0877 e. The average molecular weight is 227 g/mol. The molecule has 3 rings (SSSR count). The molecule has 1 aromatic carbocycles. The van der Waals surface area contributed by atoms with Gasteiger partial charge in [0.1, 0.15) is 0 Å². The lowest BCUT2D eigenvalue weighted by Gasteiger charge is -2.25. The van der Waals surface area contributed by atoms with Crippen LogP contribution in [0.4, 0.5) is 0 Å². The Hall–Kier alpha value is -1.41. The third kappa shape index (κ3) is 2.05. The summed E-state index contributed by atoms with van der Waals surface area (Å²) < 4.78 is 0. The molecule has 1 aliphatic carbocycles. The molecule has 0 bridgehead atoms. The Balaban J connectivity index is 2.09. The summed E-state index contributed by atoms with van der Waals surface area (Å²) >= 11 is 0. The number of fused-ring (bicyclic) bond motifs is 1. The van der Waals surface area contributed by atoms with Gasteiger partial charge in [0.15, 0.2) is 0 Å². The minimum Gasteiger partial charge on any atom is -0.385 e. The fraction of sp³-hybridized carbons (Fsp3) is 0.400. The summed E-state index contributed by atoms with van der Waals surface area (Å²) in [6.45, 7) is 1.93. The minimum absolute atomic E-state index is 0.710. The van der Waals surface area contributed by atoms with Crippen LogP contribution in [-0.4, -0.2) is 10.1 Å². The Morgan fingerprint density at radius 1 is 1.35 bits per heavy atom. The first-order chi connectivity index (χ1) is 8.17. The number of aliphatic hydroxyl groups is 1. The second kappa shape index (κ2) is 3.81. The van der Waals surface area contributed by atoms with Gasteiger partial charge in [0.25, 0.3) is 0 Å². The Labute approximate surface area is 101 Å². The van der Waals surface area contributed by atoms with E-state index < -0.39 is 5.60 Å². The maximum absolute atomic E-state index is 10.7. The smallest absolute Gasteiger partial charge is 0.0877 e. The average Bonchev–Trinajstić information content (AvgIpc) is 3.11. The van der Waals surface area contributed by atoms with Gasteiger partial charge in [-0.3, -0.25) is 4.98 Å². The molecule has 0 amide bonds. The van der Waals surface area contributed by atoms with Gasteiger partial charge >= 0.3 is 0 Å². The van der Waals surface area contributed by atoms with Gasteiger partial charge in [-0.1, -0.05) is 31.0 Å². The van der Waals surface area contributed by atoms with Gasteiger partial charge in [0.05, 0.1) is 5.60 Å². The fourth-order valence-corrected chi connectivity index (χ4v) is 2.59. The number of nitrogens with zero attached hydrogens (tertiary/aromatic N) is 1. The molecule has 88 valence electrons. The quantitative estimate of drug-likeness (QED) is 0.873. The molecule has 1 N–H and O–H groups in total. The second-order valence-electron chi connectivity index (χ2n) is 5.32. The standard InChI is InChI=1S/C15H17NO/c1-15(17,9-11-5-6-11)14-4-2-3-12-10-16-8-7-13(12)14/h2-4,7-8,10-11,17H,5-6,9H2,1H3. The Bertz CT molecular complexity index is 538. The first kappa shape index (κ1) is 10.7. The van der Waals surface area contributed by atoms with Crippen molar-refractivity contribution in [3.63, 3.8) is 0 Å². The summed E-state index contributed by atoms with van der Waals surface area (Å²) in [5.41, 5.74) is 0.312. The second-order valence-corrected chi connectivity index (χ2v) is 5.32. The van der Waals surface area contributed by atoms with E-state index in [1.165, 1.54) is 12.8 Å². The molecule has 2 aromatic rings. The van der Waals surface area contributed by atoms with Crippen LogP contribution >= 0.6 is 0 Å². The molecule has 0 radical (unpaired) electrons. The summed E-state index contributed by atoms with van der Waals surface area (Å²) in [4.78, 5) is 4.13. The Morgan fingerprint density at radius 3 is 2.94 bits per heavy atom. The van der Waals surface area contributed by atoms with Crippen LogP contribution in [0.15, 0.2) is 36.7 Å². The van der Waals surface area contributed by atoms with Crippen LogP contribution in [0.25, 0.3) is 10.8 Å². The van der Waals surface area contributed by atoms with Gasteiger partial charge in [-0.15, -0.1) is 0 Å². The zero-order valence-electron chi connectivity index (χ0n) is 10.1. The minimum atomic E-state index is -0.720. The molecule has 1 heterocycles. The van der Waals surface area contributed by atoms with Crippen molar-refractivity contribution in [3.05, 3.63) is 42.2 Å². The molecule has 17 heavy (non-hydrogen) atoms. The monoisotopic (exact) mass is 227 g/mol. The van der Waals surface area contributed by atoms with Crippen LogP contribution in [0.2, 0.25) is 0 Å². The summed E-state index contributed by atoms with van der Waals surface area (Å²) in [7, 11) is 0. The molecule has 1 unspecified atom stereocenters. The van der Waals surface area contributed by atoms with E-state index in [0.29, 0.717) is 5.92 Å². The van der Waals surface area contributed by atoms with Gasteiger partial charge < -0.3 is 5.11 Å².